The highest BCUT2D eigenvalue weighted by Crippen LogP contribution is 2.27. The molecule has 1 aromatic carbocycles. The van der Waals surface area contributed by atoms with Crippen molar-refractivity contribution in [2.24, 2.45) is 0 Å². The number of hydrogen-bond acceptors (Lipinski definition) is 7. The van der Waals surface area contributed by atoms with E-state index < -0.39 is 0 Å². The van der Waals surface area contributed by atoms with Crippen LogP contribution in [0.5, 0.6) is 11.5 Å². The van der Waals surface area contributed by atoms with Crippen LogP contribution in [-0.4, -0.2) is 79.7 Å². The van der Waals surface area contributed by atoms with Gasteiger partial charge in [0.2, 0.25) is 11.9 Å². The summed E-state index contributed by atoms with van der Waals surface area (Å²) in [6.07, 6.45) is 3.99. The lowest BCUT2D eigenvalue weighted by Gasteiger charge is -2.35. The van der Waals surface area contributed by atoms with Gasteiger partial charge in [-0.25, -0.2) is 9.97 Å². The lowest BCUT2D eigenvalue weighted by molar-refractivity contribution is -0.131. The average molecular weight is 399 g/mol. The first-order valence-corrected chi connectivity index (χ1v) is 9.80. The third-order valence-corrected chi connectivity index (χ3v) is 5.08. The van der Waals surface area contributed by atoms with Gasteiger partial charge in [-0.2, -0.15) is 0 Å². The van der Waals surface area contributed by atoms with E-state index >= 15 is 0 Å². The van der Waals surface area contributed by atoms with E-state index in [1.807, 2.05) is 36.2 Å². The zero-order valence-corrected chi connectivity index (χ0v) is 17.4. The average Bonchev–Trinajstić information content (AvgIpc) is 2.78. The predicted octanol–water partition coefficient (Wildman–Crippen LogP) is 1.66. The number of ether oxygens (including phenoxy) is 2. The van der Waals surface area contributed by atoms with E-state index in [1.54, 1.807) is 26.6 Å². The summed E-state index contributed by atoms with van der Waals surface area (Å²) in [5, 5.41) is 0. The van der Waals surface area contributed by atoms with Crippen molar-refractivity contribution >= 4 is 11.9 Å². The molecule has 0 bridgehead atoms. The quantitative estimate of drug-likeness (QED) is 0.669. The minimum Gasteiger partial charge on any atom is -0.493 e. The zero-order valence-electron chi connectivity index (χ0n) is 17.4. The van der Waals surface area contributed by atoms with Crippen LogP contribution in [-0.2, 0) is 11.3 Å². The topological polar surface area (TPSA) is 71.0 Å². The number of hydrogen-bond donors (Lipinski definition) is 0. The molecule has 1 fully saturated rings. The Bertz CT molecular complexity index is 794. The minimum absolute atomic E-state index is 0.192. The van der Waals surface area contributed by atoms with Crippen LogP contribution in [0.15, 0.2) is 36.7 Å². The molecular weight excluding hydrogens is 370 g/mol. The lowest BCUT2D eigenvalue weighted by atomic mass is 10.2. The third-order valence-electron chi connectivity index (χ3n) is 5.08. The Labute approximate surface area is 172 Å². The molecule has 8 nitrogen and oxygen atoms in total. The van der Waals surface area contributed by atoms with E-state index in [9.17, 15) is 4.79 Å². The SMILES string of the molecule is COc1ccc(CN(C)CCC(=O)N2CCN(c3ncccn3)CC2)cc1OC. The zero-order chi connectivity index (χ0) is 20.6. The van der Waals surface area contributed by atoms with Gasteiger partial charge in [0.25, 0.3) is 0 Å². The van der Waals surface area contributed by atoms with Gasteiger partial charge >= 0.3 is 0 Å². The van der Waals surface area contributed by atoms with Crippen molar-refractivity contribution in [2.75, 3.05) is 58.9 Å². The molecule has 3 rings (SSSR count). The van der Waals surface area contributed by atoms with Gasteiger partial charge < -0.3 is 24.2 Å². The lowest BCUT2D eigenvalue weighted by Crippen LogP contribution is -2.49. The second-order valence-corrected chi connectivity index (χ2v) is 7.09. The molecule has 0 aliphatic carbocycles. The van der Waals surface area contributed by atoms with Gasteiger partial charge in [0.15, 0.2) is 11.5 Å². The van der Waals surface area contributed by atoms with Gasteiger partial charge in [0.1, 0.15) is 0 Å². The van der Waals surface area contributed by atoms with Crippen molar-refractivity contribution in [2.45, 2.75) is 13.0 Å². The molecule has 8 heteroatoms. The van der Waals surface area contributed by atoms with E-state index in [2.05, 4.69) is 19.8 Å². The number of benzene rings is 1. The van der Waals surface area contributed by atoms with Gasteiger partial charge in [-0.15, -0.1) is 0 Å². The molecule has 0 saturated carbocycles. The number of piperazine rings is 1. The first-order chi connectivity index (χ1) is 14.1. The molecule has 1 amide bonds. The maximum atomic E-state index is 12.6. The van der Waals surface area contributed by atoms with Crippen molar-refractivity contribution in [3.63, 3.8) is 0 Å². The molecule has 2 heterocycles. The van der Waals surface area contributed by atoms with E-state index in [0.29, 0.717) is 31.8 Å². The third kappa shape index (κ3) is 5.57. The standard InChI is InChI=1S/C21H29N5O3/c1-24(16-17-5-6-18(28-2)19(15-17)29-3)10-7-20(27)25-11-13-26(14-12-25)21-22-8-4-9-23-21/h4-6,8-9,15H,7,10-14,16H2,1-3H3. The minimum atomic E-state index is 0.192. The Balaban J connectivity index is 1.43. The number of aromatic nitrogens is 2. The fourth-order valence-corrected chi connectivity index (χ4v) is 3.42. The Morgan fingerprint density at radius 1 is 1.07 bits per heavy atom. The summed E-state index contributed by atoms with van der Waals surface area (Å²) in [6, 6.07) is 7.71. The summed E-state index contributed by atoms with van der Waals surface area (Å²) in [5.74, 6) is 2.36. The summed E-state index contributed by atoms with van der Waals surface area (Å²) in [7, 11) is 5.28. The number of nitrogens with zero attached hydrogens (tertiary/aromatic N) is 5. The Hall–Kier alpha value is -2.87. The predicted molar refractivity (Wildman–Crippen MR) is 111 cm³/mol. The van der Waals surface area contributed by atoms with Crippen molar-refractivity contribution in [1.29, 1.82) is 0 Å². The van der Waals surface area contributed by atoms with Gasteiger partial charge in [-0.1, -0.05) is 6.07 Å². The molecule has 1 aliphatic heterocycles. The molecule has 0 N–H and O–H groups in total. The van der Waals surface area contributed by atoms with Crippen LogP contribution in [0.1, 0.15) is 12.0 Å². The monoisotopic (exact) mass is 399 g/mol. The summed E-state index contributed by atoms with van der Waals surface area (Å²) >= 11 is 0. The fourth-order valence-electron chi connectivity index (χ4n) is 3.42. The molecule has 2 aromatic rings. The summed E-state index contributed by atoms with van der Waals surface area (Å²) in [6.45, 7) is 4.38. The largest absolute Gasteiger partial charge is 0.493 e. The molecule has 29 heavy (non-hydrogen) atoms. The number of carbonyl (C=O) groups is 1. The van der Waals surface area contributed by atoms with Gasteiger partial charge in [-0.3, -0.25) is 4.79 Å². The van der Waals surface area contributed by atoms with E-state index in [0.717, 1.165) is 36.9 Å². The molecule has 0 spiro atoms. The van der Waals surface area contributed by atoms with Crippen LogP contribution < -0.4 is 14.4 Å². The smallest absolute Gasteiger partial charge is 0.225 e. The van der Waals surface area contributed by atoms with Crippen LogP contribution in [0.2, 0.25) is 0 Å². The van der Waals surface area contributed by atoms with Gasteiger partial charge in [0.05, 0.1) is 14.2 Å². The highest BCUT2D eigenvalue weighted by Gasteiger charge is 2.22. The van der Waals surface area contributed by atoms with E-state index in [4.69, 9.17) is 9.47 Å². The molecule has 0 atom stereocenters. The molecule has 1 aliphatic rings. The van der Waals surface area contributed by atoms with Crippen molar-refractivity contribution in [1.82, 2.24) is 19.8 Å². The Kier molecular flexibility index (Phi) is 7.24. The summed E-state index contributed by atoms with van der Waals surface area (Å²) in [4.78, 5) is 27.4. The first kappa shape index (κ1) is 20.9. The highest BCUT2D eigenvalue weighted by atomic mass is 16.5. The van der Waals surface area contributed by atoms with Crippen molar-refractivity contribution < 1.29 is 14.3 Å². The molecule has 1 aromatic heterocycles. The summed E-state index contributed by atoms with van der Waals surface area (Å²) in [5.41, 5.74) is 1.12. The van der Waals surface area contributed by atoms with Crippen LogP contribution in [0.3, 0.4) is 0 Å². The molecule has 0 radical (unpaired) electrons. The van der Waals surface area contributed by atoms with Crippen LogP contribution >= 0.6 is 0 Å². The molecule has 156 valence electrons. The first-order valence-electron chi connectivity index (χ1n) is 9.80. The van der Waals surface area contributed by atoms with Crippen molar-refractivity contribution in [3.8, 4) is 11.5 Å². The fraction of sp³-hybridized carbons (Fsp3) is 0.476. The van der Waals surface area contributed by atoms with Crippen molar-refractivity contribution in [3.05, 3.63) is 42.2 Å². The van der Waals surface area contributed by atoms with Crippen LogP contribution in [0.4, 0.5) is 5.95 Å². The maximum absolute atomic E-state index is 12.6. The maximum Gasteiger partial charge on any atom is 0.225 e. The van der Waals surface area contributed by atoms with E-state index in [-0.39, 0.29) is 5.91 Å². The molecular formula is C21H29N5O3. The number of methoxy groups -OCH3 is 2. The highest BCUT2D eigenvalue weighted by molar-refractivity contribution is 5.76. The number of amides is 1. The Morgan fingerprint density at radius 2 is 1.76 bits per heavy atom. The second kappa shape index (κ2) is 10.1. The molecule has 1 saturated heterocycles. The number of rotatable bonds is 8. The van der Waals surface area contributed by atoms with Crippen LogP contribution in [0.25, 0.3) is 0 Å². The normalized spacial score (nSPS) is 14.2. The second-order valence-electron chi connectivity index (χ2n) is 7.09. The molecule has 0 unspecified atom stereocenters. The number of anilines is 1. The van der Waals surface area contributed by atoms with Gasteiger partial charge in [0, 0.05) is 58.1 Å². The Morgan fingerprint density at radius 3 is 2.41 bits per heavy atom. The van der Waals surface area contributed by atoms with Gasteiger partial charge in [-0.05, 0) is 30.8 Å². The van der Waals surface area contributed by atoms with E-state index in [1.165, 1.54) is 0 Å². The van der Waals surface area contributed by atoms with Crippen LogP contribution in [0, 0.1) is 0 Å². The number of carbonyl (C=O) groups excluding carboxylic acids is 1. The summed E-state index contributed by atoms with van der Waals surface area (Å²) < 4.78 is 10.6.